The Labute approximate surface area is 138 Å². The zero-order valence-corrected chi connectivity index (χ0v) is 13.1. The topological polar surface area (TPSA) is 84.2 Å². The quantitative estimate of drug-likeness (QED) is 0.881. The molecule has 1 amide bonds. The van der Waals surface area contributed by atoms with Crippen LogP contribution >= 0.6 is 11.6 Å². The van der Waals surface area contributed by atoms with Crippen molar-refractivity contribution < 1.29 is 14.7 Å². The summed E-state index contributed by atoms with van der Waals surface area (Å²) >= 11 is 5.95. The van der Waals surface area contributed by atoms with Crippen LogP contribution in [-0.2, 0) is 4.79 Å². The van der Waals surface area contributed by atoms with Crippen LogP contribution in [0.1, 0.15) is 36.0 Å². The van der Waals surface area contributed by atoms with Crippen LogP contribution < -0.4 is 5.32 Å². The number of carboxylic acids is 1. The zero-order valence-electron chi connectivity index (χ0n) is 12.3. The fraction of sp³-hybridized carbons (Fsp3) is 0.312. The van der Waals surface area contributed by atoms with Gasteiger partial charge in [-0.15, -0.1) is 0 Å². The Morgan fingerprint density at radius 3 is 2.78 bits per heavy atom. The third-order valence-electron chi connectivity index (χ3n) is 4.10. The second-order valence-electron chi connectivity index (χ2n) is 5.81. The minimum Gasteiger partial charge on any atom is -0.481 e. The lowest BCUT2D eigenvalue weighted by Crippen LogP contribution is -2.54. The molecule has 1 saturated carbocycles. The summed E-state index contributed by atoms with van der Waals surface area (Å²) in [6, 6.07) is 7.14. The zero-order chi connectivity index (χ0) is 16.4. The average Bonchev–Trinajstić information content (AvgIpc) is 2.94. The molecule has 6 nitrogen and oxygen atoms in total. The molecule has 0 spiro atoms. The van der Waals surface area contributed by atoms with E-state index in [-0.39, 0.29) is 12.3 Å². The van der Waals surface area contributed by atoms with Gasteiger partial charge < -0.3 is 10.4 Å². The summed E-state index contributed by atoms with van der Waals surface area (Å²) in [7, 11) is 0. The SMILES string of the molecule is O=C(O)CC1(NC(=O)c2cnn(-c3cccc(Cl)c3)c2)CCC1. The third-order valence-corrected chi connectivity index (χ3v) is 4.33. The normalized spacial score (nSPS) is 15.7. The van der Waals surface area contributed by atoms with Crippen LogP contribution in [0.3, 0.4) is 0 Å². The minimum atomic E-state index is -0.903. The van der Waals surface area contributed by atoms with Crippen molar-refractivity contribution in [1.29, 1.82) is 0 Å². The number of hydrogen-bond acceptors (Lipinski definition) is 3. The van der Waals surface area contributed by atoms with Gasteiger partial charge in [0, 0.05) is 11.2 Å². The lowest BCUT2D eigenvalue weighted by Gasteiger charge is -2.41. The molecule has 0 radical (unpaired) electrons. The number of rotatable bonds is 5. The Balaban J connectivity index is 1.75. The molecule has 1 aliphatic rings. The van der Waals surface area contributed by atoms with Gasteiger partial charge in [0.05, 0.1) is 29.4 Å². The third kappa shape index (κ3) is 3.37. The molecule has 3 rings (SSSR count). The number of benzene rings is 1. The molecule has 1 aromatic carbocycles. The molecule has 2 N–H and O–H groups in total. The van der Waals surface area contributed by atoms with Gasteiger partial charge in [0.2, 0.25) is 0 Å². The molecule has 0 unspecified atom stereocenters. The highest BCUT2D eigenvalue weighted by molar-refractivity contribution is 6.30. The number of carbonyl (C=O) groups is 2. The maximum atomic E-state index is 12.4. The molecule has 7 heteroatoms. The molecule has 1 aromatic heterocycles. The summed E-state index contributed by atoms with van der Waals surface area (Å²) in [4.78, 5) is 23.3. The number of hydrogen-bond donors (Lipinski definition) is 2. The van der Waals surface area contributed by atoms with Gasteiger partial charge in [-0.05, 0) is 37.5 Å². The van der Waals surface area contributed by atoms with Crippen molar-refractivity contribution in [2.45, 2.75) is 31.2 Å². The van der Waals surface area contributed by atoms with Crippen LogP contribution in [0.4, 0.5) is 0 Å². The number of amides is 1. The smallest absolute Gasteiger partial charge is 0.305 e. The van der Waals surface area contributed by atoms with Crippen LogP contribution in [-0.4, -0.2) is 32.3 Å². The fourth-order valence-electron chi connectivity index (χ4n) is 2.75. The van der Waals surface area contributed by atoms with Crippen molar-refractivity contribution in [2.24, 2.45) is 0 Å². The van der Waals surface area contributed by atoms with Crippen LogP contribution in [0.15, 0.2) is 36.7 Å². The lowest BCUT2D eigenvalue weighted by molar-refractivity contribution is -0.139. The number of nitrogens with one attached hydrogen (secondary N) is 1. The maximum Gasteiger partial charge on any atom is 0.305 e. The molecule has 1 aliphatic carbocycles. The van der Waals surface area contributed by atoms with E-state index in [1.54, 1.807) is 29.1 Å². The number of carbonyl (C=O) groups excluding carboxylic acids is 1. The Kier molecular flexibility index (Phi) is 4.09. The summed E-state index contributed by atoms with van der Waals surface area (Å²) in [5.41, 5.74) is 0.517. The predicted octanol–water partition coefficient (Wildman–Crippen LogP) is 2.65. The lowest BCUT2D eigenvalue weighted by atomic mass is 9.74. The Bertz CT molecular complexity index is 753. The summed E-state index contributed by atoms with van der Waals surface area (Å²) in [5, 5.41) is 16.6. The maximum absolute atomic E-state index is 12.4. The van der Waals surface area contributed by atoms with E-state index in [9.17, 15) is 9.59 Å². The first-order valence-electron chi connectivity index (χ1n) is 7.32. The van der Waals surface area contributed by atoms with E-state index < -0.39 is 11.5 Å². The second-order valence-corrected chi connectivity index (χ2v) is 6.25. The first kappa shape index (κ1) is 15.6. The Morgan fingerprint density at radius 2 is 2.17 bits per heavy atom. The monoisotopic (exact) mass is 333 g/mol. The molecule has 23 heavy (non-hydrogen) atoms. The highest BCUT2D eigenvalue weighted by atomic mass is 35.5. The highest BCUT2D eigenvalue weighted by Crippen LogP contribution is 2.35. The van der Waals surface area contributed by atoms with E-state index in [1.807, 2.05) is 6.07 Å². The molecular weight excluding hydrogens is 318 g/mol. The molecule has 2 aromatic rings. The molecule has 120 valence electrons. The van der Waals surface area contributed by atoms with Crippen LogP contribution in [0.2, 0.25) is 5.02 Å². The number of carboxylic acid groups (broad SMARTS) is 1. The van der Waals surface area contributed by atoms with Crippen LogP contribution in [0.5, 0.6) is 0 Å². The Morgan fingerprint density at radius 1 is 1.39 bits per heavy atom. The van der Waals surface area contributed by atoms with E-state index in [0.29, 0.717) is 23.4 Å². The van der Waals surface area contributed by atoms with E-state index >= 15 is 0 Å². The molecule has 0 saturated heterocycles. The van der Waals surface area contributed by atoms with E-state index in [4.69, 9.17) is 16.7 Å². The standard InChI is InChI=1S/C16H16ClN3O3/c17-12-3-1-4-13(7-12)20-10-11(9-18-20)15(23)19-16(5-2-6-16)8-14(21)22/h1,3-4,7,9-10H,2,5-6,8H2,(H,19,23)(H,21,22). The minimum absolute atomic E-state index is 0.0544. The van der Waals surface area contributed by atoms with E-state index in [1.165, 1.54) is 6.20 Å². The Hall–Kier alpha value is -2.34. The molecule has 0 bridgehead atoms. The molecule has 0 atom stereocenters. The van der Waals surface area contributed by atoms with Gasteiger partial charge in [0.25, 0.3) is 5.91 Å². The molecular formula is C16H16ClN3O3. The average molecular weight is 334 g/mol. The first-order valence-corrected chi connectivity index (χ1v) is 7.70. The van der Waals surface area contributed by atoms with Crippen LogP contribution in [0.25, 0.3) is 5.69 Å². The van der Waals surface area contributed by atoms with Crippen molar-refractivity contribution in [3.63, 3.8) is 0 Å². The van der Waals surface area contributed by atoms with Gasteiger partial charge in [0.15, 0.2) is 0 Å². The summed E-state index contributed by atoms with van der Waals surface area (Å²) < 4.78 is 1.56. The van der Waals surface area contributed by atoms with Gasteiger partial charge in [-0.1, -0.05) is 17.7 Å². The van der Waals surface area contributed by atoms with Crippen LogP contribution in [0, 0.1) is 0 Å². The number of aromatic nitrogens is 2. The van der Waals surface area contributed by atoms with Gasteiger partial charge in [-0.2, -0.15) is 5.10 Å². The van der Waals surface area contributed by atoms with E-state index in [2.05, 4.69) is 10.4 Å². The van der Waals surface area contributed by atoms with Gasteiger partial charge in [-0.25, -0.2) is 4.68 Å². The summed E-state index contributed by atoms with van der Waals surface area (Å²) in [6.45, 7) is 0. The predicted molar refractivity (Wildman–Crippen MR) is 84.9 cm³/mol. The molecule has 1 heterocycles. The van der Waals surface area contributed by atoms with Crippen molar-refractivity contribution in [1.82, 2.24) is 15.1 Å². The van der Waals surface area contributed by atoms with Gasteiger partial charge in [-0.3, -0.25) is 9.59 Å². The number of nitrogens with zero attached hydrogens (tertiary/aromatic N) is 2. The largest absolute Gasteiger partial charge is 0.481 e. The summed E-state index contributed by atoms with van der Waals surface area (Å²) in [6.07, 6.45) is 5.31. The van der Waals surface area contributed by atoms with Crippen molar-refractivity contribution in [3.05, 3.63) is 47.2 Å². The van der Waals surface area contributed by atoms with Gasteiger partial charge in [0.1, 0.15) is 0 Å². The highest BCUT2D eigenvalue weighted by Gasteiger charge is 2.40. The first-order chi connectivity index (χ1) is 11.0. The summed E-state index contributed by atoms with van der Waals surface area (Å²) in [5.74, 6) is -1.21. The van der Waals surface area contributed by atoms with Crippen molar-refractivity contribution in [2.75, 3.05) is 0 Å². The molecule has 1 fully saturated rings. The number of aliphatic carboxylic acids is 1. The number of halogens is 1. The van der Waals surface area contributed by atoms with Gasteiger partial charge >= 0.3 is 5.97 Å². The van der Waals surface area contributed by atoms with E-state index in [0.717, 1.165) is 12.1 Å². The van der Waals surface area contributed by atoms with Crippen molar-refractivity contribution >= 4 is 23.5 Å². The molecule has 0 aliphatic heterocycles. The van der Waals surface area contributed by atoms with Crippen molar-refractivity contribution in [3.8, 4) is 5.69 Å². The second kappa shape index (κ2) is 6.04. The fourth-order valence-corrected chi connectivity index (χ4v) is 2.94.